The van der Waals surface area contributed by atoms with Crippen LogP contribution >= 0.6 is 0 Å². The van der Waals surface area contributed by atoms with Crippen LogP contribution in [0.4, 0.5) is 5.69 Å². The monoisotopic (exact) mass is 294 g/mol. The van der Waals surface area contributed by atoms with Crippen LogP contribution in [0.1, 0.15) is 13.3 Å². The Kier molecular flexibility index (Phi) is 7.25. The van der Waals surface area contributed by atoms with Gasteiger partial charge in [0, 0.05) is 33.5 Å². The van der Waals surface area contributed by atoms with Crippen molar-refractivity contribution in [1.82, 2.24) is 5.32 Å². The van der Waals surface area contributed by atoms with Crippen molar-refractivity contribution in [3.63, 3.8) is 0 Å². The van der Waals surface area contributed by atoms with E-state index in [1.54, 1.807) is 26.4 Å². The van der Waals surface area contributed by atoms with Crippen LogP contribution in [0.25, 0.3) is 0 Å². The van der Waals surface area contributed by atoms with Crippen molar-refractivity contribution in [1.29, 1.82) is 0 Å². The number of para-hydroxylation sites is 2. The lowest BCUT2D eigenvalue weighted by Gasteiger charge is -2.23. The van der Waals surface area contributed by atoms with Crippen molar-refractivity contribution in [3.8, 4) is 5.75 Å². The Bertz CT molecular complexity index is 476. The average molecular weight is 294 g/mol. The number of methoxy groups -OCH3 is 2. The van der Waals surface area contributed by atoms with Gasteiger partial charge in [0.2, 0.25) is 11.8 Å². The van der Waals surface area contributed by atoms with Crippen molar-refractivity contribution in [2.45, 2.75) is 13.3 Å². The van der Waals surface area contributed by atoms with Gasteiger partial charge in [0.25, 0.3) is 0 Å². The molecule has 0 atom stereocenters. The van der Waals surface area contributed by atoms with Crippen molar-refractivity contribution in [2.24, 2.45) is 0 Å². The van der Waals surface area contributed by atoms with Crippen molar-refractivity contribution in [2.75, 3.05) is 38.8 Å². The molecular formula is C15H22N2O4. The molecule has 6 heteroatoms. The number of anilines is 1. The van der Waals surface area contributed by atoms with Crippen LogP contribution < -0.4 is 15.0 Å². The second kappa shape index (κ2) is 8.97. The summed E-state index contributed by atoms with van der Waals surface area (Å²) >= 11 is 0. The van der Waals surface area contributed by atoms with E-state index in [1.165, 1.54) is 11.8 Å². The summed E-state index contributed by atoms with van der Waals surface area (Å²) in [6.07, 6.45) is 0.224. The van der Waals surface area contributed by atoms with Gasteiger partial charge in [-0.1, -0.05) is 12.1 Å². The molecular weight excluding hydrogens is 272 g/mol. The molecule has 0 aliphatic heterocycles. The van der Waals surface area contributed by atoms with E-state index in [0.717, 1.165) is 0 Å². The van der Waals surface area contributed by atoms with E-state index in [9.17, 15) is 9.59 Å². The molecule has 0 heterocycles. The minimum absolute atomic E-state index is 0.117. The summed E-state index contributed by atoms with van der Waals surface area (Å²) in [5.74, 6) is 0.352. The highest BCUT2D eigenvalue weighted by atomic mass is 16.5. The van der Waals surface area contributed by atoms with Gasteiger partial charge in [-0.3, -0.25) is 9.59 Å². The van der Waals surface area contributed by atoms with E-state index in [-0.39, 0.29) is 18.2 Å². The van der Waals surface area contributed by atoms with Crippen molar-refractivity contribution >= 4 is 17.5 Å². The smallest absolute Gasteiger partial charge is 0.223 e. The van der Waals surface area contributed by atoms with E-state index in [4.69, 9.17) is 9.47 Å². The Morgan fingerprint density at radius 2 is 1.95 bits per heavy atom. The Morgan fingerprint density at radius 3 is 2.57 bits per heavy atom. The molecule has 1 N–H and O–H groups in total. The molecule has 0 radical (unpaired) electrons. The number of hydrogen-bond acceptors (Lipinski definition) is 4. The van der Waals surface area contributed by atoms with Crippen LogP contribution in [0.5, 0.6) is 5.75 Å². The molecule has 0 fully saturated rings. The van der Waals surface area contributed by atoms with Crippen LogP contribution in [-0.4, -0.2) is 45.7 Å². The van der Waals surface area contributed by atoms with E-state index >= 15 is 0 Å². The zero-order valence-electron chi connectivity index (χ0n) is 12.7. The number of benzene rings is 1. The minimum Gasteiger partial charge on any atom is -0.495 e. The van der Waals surface area contributed by atoms with Gasteiger partial charge in [-0.25, -0.2) is 0 Å². The molecule has 0 aromatic heterocycles. The van der Waals surface area contributed by atoms with Crippen LogP contribution in [0, 0.1) is 0 Å². The molecule has 1 aromatic carbocycles. The number of rotatable bonds is 8. The Hall–Kier alpha value is -2.08. The maximum absolute atomic E-state index is 11.8. The first kappa shape index (κ1) is 17.0. The second-order valence-corrected chi connectivity index (χ2v) is 4.44. The summed E-state index contributed by atoms with van der Waals surface area (Å²) in [7, 11) is 3.12. The fourth-order valence-electron chi connectivity index (χ4n) is 1.89. The molecule has 0 unspecified atom stereocenters. The highest BCUT2D eigenvalue weighted by Crippen LogP contribution is 2.27. The summed E-state index contributed by atoms with van der Waals surface area (Å²) in [6.45, 7) is 2.70. The Balaban J connectivity index is 2.66. The fraction of sp³-hybridized carbons (Fsp3) is 0.467. The van der Waals surface area contributed by atoms with Gasteiger partial charge >= 0.3 is 0 Å². The Morgan fingerprint density at radius 1 is 1.24 bits per heavy atom. The summed E-state index contributed by atoms with van der Waals surface area (Å²) in [6, 6.07) is 7.23. The van der Waals surface area contributed by atoms with E-state index in [2.05, 4.69) is 5.32 Å². The standard InChI is InChI=1S/C15H22N2O4/c1-12(18)17(10-8-15(19)16-9-11-20-2)13-6-4-5-7-14(13)21-3/h4-7H,8-11H2,1-3H3,(H,16,19). The number of carbonyl (C=O) groups excluding carboxylic acids is 2. The quantitative estimate of drug-likeness (QED) is 0.732. The van der Waals surface area contributed by atoms with Crippen LogP contribution in [0.3, 0.4) is 0 Å². The predicted octanol–water partition coefficient (Wildman–Crippen LogP) is 1.20. The lowest BCUT2D eigenvalue weighted by Crippen LogP contribution is -2.35. The SMILES string of the molecule is COCCNC(=O)CCN(C(C)=O)c1ccccc1OC. The highest BCUT2D eigenvalue weighted by molar-refractivity contribution is 5.93. The summed E-state index contributed by atoms with van der Waals surface area (Å²) in [5.41, 5.74) is 0.664. The van der Waals surface area contributed by atoms with Crippen LogP contribution in [-0.2, 0) is 14.3 Å². The molecule has 0 aliphatic carbocycles. The lowest BCUT2D eigenvalue weighted by atomic mass is 10.2. The van der Waals surface area contributed by atoms with Gasteiger partial charge in [0.1, 0.15) is 5.75 Å². The number of hydrogen-bond donors (Lipinski definition) is 1. The first-order valence-corrected chi connectivity index (χ1v) is 6.77. The van der Waals surface area contributed by atoms with Crippen molar-refractivity contribution in [3.05, 3.63) is 24.3 Å². The highest BCUT2D eigenvalue weighted by Gasteiger charge is 2.16. The lowest BCUT2D eigenvalue weighted by molar-refractivity contribution is -0.121. The zero-order chi connectivity index (χ0) is 15.7. The third-order valence-electron chi connectivity index (χ3n) is 2.95. The van der Waals surface area contributed by atoms with Gasteiger partial charge in [0.15, 0.2) is 0 Å². The van der Waals surface area contributed by atoms with Crippen molar-refractivity contribution < 1.29 is 19.1 Å². The molecule has 1 aromatic rings. The molecule has 21 heavy (non-hydrogen) atoms. The largest absolute Gasteiger partial charge is 0.495 e. The molecule has 1 rings (SSSR count). The van der Waals surface area contributed by atoms with Gasteiger partial charge < -0.3 is 19.7 Å². The maximum atomic E-state index is 11.8. The average Bonchev–Trinajstić information content (AvgIpc) is 2.48. The third-order valence-corrected chi connectivity index (χ3v) is 2.95. The normalized spacial score (nSPS) is 10.0. The zero-order valence-corrected chi connectivity index (χ0v) is 12.7. The van der Waals surface area contributed by atoms with Gasteiger partial charge in [-0.05, 0) is 12.1 Å². The summed E-state index contributed by atoms with van der Waals surface area (Å²) in [4.78, 5) is 25.0. The summed E-state index contributed by atoms with van der Waals surface area (Å²) in [5, 5.41) is 2.72. The Labute approximate surface area is 125 Å². The van der Waals surface area contributed by atoms with Gasteiger partial charge in [-0.15, -0.1) is 0 Å². The number of amides is 2. The molecule has 0 bridgehead atoms. The number of carbonyl (C=O) groups is 2. The van der Waals surface area contributed by atoms with Gasteiger partial charge in [-0.2, -0.15) is 0 Å². The topological polar surface area (TPSA) is 67.9 Å². The molecule has 0 spiro atoms. The molecule has 116 valence electrons. The number of nitrogens with one attached hydrogen (secondary N) is 1. The molecule has 0 saturated heterocycles. The first-order chi connectivity index (χ1) is 10.1. The molecule has 6 nitrogen and oxygen atoms in total. The molecule has 0 saturated carbocycles. The predicted molar refractivity (Wildman–Crippen MR) is 80.5 cm³/mol. The molecule has 2 amide bonds. The fourth-order valence-corrected chi connectivity index (χ4v) is 1.89. The van der Waals surface area contributed by atoms with E-state index < -0.39 is 0 Å². The third kappa shape index (κ3) is 5.43. The van der Waals surface area contributed by atoms with Crippen LogP contribution in [0.15, 0.2) is 24.3 Å². The number of ether oxygens (including phenoxy) is 2. The summed E-state index contributed by atoms with van der Waals surface area (Å²) < 4.78 is 10.1. The maximum Gasteiger partial charge on any atom is 0.223 e. The molecule has 0 aliphatic rings. The van der Waals surface area contributed by atoms with Gasteiger partial charge in [0.05, 0.1) is 19.4 Å². The number of nitrogens with zero attached hydrogens (tertiary/aromatic N) is 1. The first-order valence-electron chi connectivity index (χ1n) is 6.77. The van der Waals surface area contributed by atoms with E-state index in [1.807, 2.05) is 12.1 Å². The minimum atomic E-state index is -0.135. The van der Waals surface area contributed by atoms with Crippen LogP contribution in [0.2, 0.25) is 0 Å². The second-order valence-electron chi connectivity index (χ2n) is 4.44. The van der Waals surface area contributed by atoms with E-state index in [0.29, 0.717) is 31.1 Å².